The van der Waals surface area contributed by atoms with Crippen molar-refractivity contribution >= 4 is 44.7 Å². The van der Waals surface area contributed by atoms with Crippen molar-refractivity contribution in [3.05, 3.63) is 72.3 Å². The van der Waals surface area contributed by atoms with Crippen molar-refractivity contribution in [3.63, 3.8) is 0 Å². The standard InChI is InChI=1S/C23H23NO2.ClH/c1-23(14-25,15-26)24-13-17-12-22-18-7-3-2-6-16(18)10-11-21(22)20-9-5-4-8-19(17)20;/h2-12,24-26H,13-15H2,1H3;1H. The van der Waals surface area contributed by atoms with E-state index in [-0.39, 0.29) is 25.6 Å². The minimum Gasteiger partial charge on any atom is -0.394 e. The van der Waals surface area contributed by atoms with Crippen molar-refractivity contribution in [2.24, 2.45) is 0 Å². The average Bonchev–Trinajstić information content (AvgIpc) is 2.71. The summed E-state index contributed by atoms with van der Waals surface area (Å²) >= 11 is 0. The Labute approximate surface area is 165 Å². The Hall–Kier alpha value is -2.17. The molecular formula is C23H24ClNO2. The van der Waals surface area contributed by atoms with Crippen molar-refractivity contribution in [1.82, 2.24) is 5.32 Å². The van der Waals surface area contributed by atoms with E-state index in [1.807, 2.05) is 6.92 Å². The van der Waals surface area contributed by atoms with Crippen LogP contribution < -0.4 is 5.32 Å². The summed E-state index contributed by atoms with van der Waals surface area (Å²) < 4.78 is 0. The summed E-state index contributed by atoms with van der Waals surface area (Å²) in [5, 5.41) is 29.8. The minimum atomic E-state index is -0.700. The van der Waals surface area contributed by atoms with Crippen molar-refractivity contribution in [3.8, 4) is 0 Å². The summed E-state index contributed by atoms with van der Waals surface area (Å²) in [5.41, 5.74) is 0.465. The zero-order valence-corrected chi connectivity index (χ0v) is 16.1. The summed E-state index contributed by atoms with van der Waals surface area (Å²) in [6, 6.07) is 23.5. The molecule has 0 amide bonds. The molecule has 0 saturated heterocycles. The second kappa shape index (κ2) is 7.83. The third-order valence-corrected chi connectivity index (χ3v) is 5.26. The first-order valence-electron chi connectivity index (χ1n) is 8.94. The van der Waals surface area contributed by atoms with Gasteiger partial charge in [0, 0.05) is 6.54 Å². The second-order valence-electron chi connectivity index (χ2n) is 7.19. The number of hydrogen-bond acceptors (Lipinski definition) is 3. The molecule has 0 aliphatic rings. The zero-order chi connectivity index (χ0) is 18.1. The van der Waals surface area contributed by atoms with Gasteiger partial charge < -0.3 is 15.5 Å². The Balaban J connectivity index is 0.00000210. The van der Waals surface area contributed by atoms with E-state index in [0.717, 1.165) is 5.56 Å². The summed E-state index contributed by atoms with van der Waals surface area (Å²) in [5.74, 6) is 0. The summed E-state index contributed by atoms with van der Waals surface area (Å²) in [6.07, 6.45) is 0. The van der Waals surface area contributed by atoms with Gasteiger partial charge in [-0.1, -0.05) is 60.7 Å². The van der Waals surface area contributed by atoms with Gasteiger partial charge in [-0.25, -0.2) is 0 Å². The Morgan fingerprint density at radius 3 is 2.04 bits per heavy atom. The van der Waals surface area contributed by atoms with Gasteiger partial charge in [0.15, 0.2) is 0 Å². The second-order valence-corrected chi connectivity index (χ2v) is 7.19. The van der Waals surface area contributed by atoms with Crippen LogP contribution in [-0.2, 0) is 6.54 Å². The molecule has 0 bridgehead atoms. The van der Waals surface area contributed by atoms with Crippen LogP contribution in [0.4, 0.5) is 0 Å². The molecule has 3 nitrogen and oxygen atoms in total. The van der Waals surface area contributed by atoms with Gasteiger partial charge in [0.05, 0.1) is 18.8 Å². The molecule has 0 unspecified atom stereocenters. The summed E-state index contributed by atoms with van der Waals surface area (Å²) in [6.45, 7) is 2.18. The van der Waals surface area contributed by atoms with Gasteiger partial charge >= 0.3 is 0 Å². The van der Waals surface area contributed by atoms with E-state index in [2.05, 4.69) is 72.0 Å². The summed E-state index contributed by atoms with van der Waals surface area (Å²) in [7, 11) is 0. The molecule has 0 atom stereocenters. The predicted molar refractivity (Wildman–Crippen MR) is 116 cm³/mol. The lowest BCUT2D eigenvalue weighted by Gasteiger charge is -2.27. The van der Waals surface area contributed by atoms with E-state index in [1.54, 1.807) is 0 Å². The molecule has 4 rings (SSSR count). The highest BCUT2D eigenvalue weighted by molar-refractivity contribution is 6.18. The first-order chi connectivity index (χ1) is 12.6. The molecule has 4 heteroatoms. The van der Waals surface area contributed by atoms with E-state index >= 15 is 0 Å². The maximum absolute atomic E-state index is 9.57. The number of nitrogens with one attached hydrogen (secondary N) is 1. The molecule has 4 aromatic rings. The van der Waals surface area contributed by atoms with Crippen LogP contribution in [0, 0.1) is 0 Å². The number of benzene rings is 4. The number of halogens is 1. The van der Waals surface area contributed by atoms with Crippen LogP contribution in [-0.4, -0.2) is 29.0 Å². The smallest absolute Gasteiger partial charge is 0.0633 e. The Morgan fingerprint density at radius 1 is 0.741 bits per heavy atom. The predicted octanol–water partition coefficient (Wildman–Crippen LogP) is 4.40. The monoisotopic (exact) mass is 381 g/mol. The van der Waals surface area contributed by atoms with Crippen LogP contribution in [0.15, 0.2) is 66.7 Å². The molecule has 3 N–H and O–H groups in total. The highest BCUT2D eigenvalue weighted by Crippen LogP contribution is 2.33. The van der Waals surface area contributed by atoms with Crippen molar-refractivity contribution in [2.45, 2.75) is 19.0 Å². The Bertz CT molecular complexity index is 1090. The summed E-state index contributed by atoms with van der Waals surface area (Å²) in [4.78, 5) is 0. The molecule has 0 fully saturated rings. The van der Waals surface area contributed by atoms with Gasteiger partial charge in [-0.05, 0) is 50.9 Å². The molecule has 0 heterocycles. The molecule has 0 spiro atoms. The zero-order valence-electron chi connectivity index (χ0n) is 15.3. The normalized spacial score (nSPS) is 11.8. The first kappa shape index (κ1) is 19.6. The third-order valence-electron chi connectivity index (χ3n) is 5.26. The van der Waals surface area contributed by atoms with Gasteiger partial charge in [-0.2, -0.15) is 0 Å². The van der Waals surface area contributed by atoms with Crippen LogP contribution in [0.3, 0.4) is 0 Å². The lowest BCUT2D eigenvalue weighted by Crippen LogP contribution is -2.48. The number of rotatable bonds is 5. The van der Waals surface area contributed by atoms with Gasteiger partial charge in [-0.3, -0.25) is 0 Å². The van der Waals surface area contributed by atoms with Crippen LogP contribution in [0.5, 0.6) is 0 Å². The first-order valence-corrected chi connectivity index (χ1v) is 8.94. The molecule has 0 radical (unpaired) electrons. The quantitative estimate of drug-likeness (QED) is 0.449. The number of aliphatic hydroxyl groups excluding tert-OH is 2. The van der Waals surface area contributed by atoms with E-state index in [9.17, 15) is 10.2 Å². The highest BCUT2D eigenvalue weighted by atomic mass is 35.5. The van der Waals surface area contributed by atoms with E-state index in [1.165, 1.54) is 32.3 Å². The fourth-order valence-electron chi connectivity index (χ4n) is 3.55. The maximum atomic E-state index is 9.57. The molecule has 4 aromatic carbocycles. The van der Waals surface area contributed by atoms with E-state index in [0.29, 0.717) is 6.54 Å². The van der Waals surface area contributed by atoms with Crippen LogP contribution >= 0.6 is 12.4 Å². The lowest BCUT2D eigenvalue weighted by molar-refractivity contribution is 0.103. The van der Waals surface area contributed by atoms with Crippen LogP contribution in [0.25, 0.3) is 32.3 Å². The average molecular weight is 382 g/mol. The molecule has 0 aliphatic carbocycles. The SMILES string of the molecule is CC(CO)(CO)NCc1cc2c3ccccc3ccc2c2ccccc12.Cl. The van der Waals surface area contributed by atoms with Gasteiger partial charge in [0.1, 0.15) is 0 Å². The Morgan fingerprint density at radius 2 is 1.33 bits per heavy atom. The topological polar surface area (TPSA) is 52.5 Å². The van der Waals surface area contributed by atoms with Crippen LogP contribution in [0.1, 0.15) is 12.5 Å². The molecule has 27 heavy (non-hydrogen) atoms. The van der Waals surface area contributed by atoms with Crippen molar-refractivity contribution in [2.75, 3.05) is 13.2 Å². The molecular weight excluding hydrogens is 358 g/mol. The number of fused-ring (bicyclic) bond motifs is 5. The number of hydrogen-bond donors (Lipinski definition) is 3. The van der Waals surface area contributed by atoms with Gasteiger partial charge in [0.2, 0.25) is 0 Å². The molecule has 0 saturated carbocycles. The third kappa shape index (κ3) is 3.52. The van der Waals surface area contributed by atoms with Crippen LogP contribution in [0.2, 0.25) is 0 Å². The lowest BCUT2D eigenvalue weighted by atomic mass is 9.93. The fraction of sp³-hybridized carbons (Fsp3) is 0.217. The van der Waals surface area contributed by atoms with Crippen molar-refractivity contribution in [1.29, 1.82) is 0 Å². The Kier molecular flexibility index (Phi) is 5.68. The fourth-order valence-corrected chi connectivity index (χ4v) is 3.55. The van der Waals surface area contributed by atoms with Gasteiger partial charge in [-0.15, -0.1) is 12.4 Å². The molecule has 0 aromatic heterocycles. The maximum Gasteiger partial charge on any atom is 0.0633 e. The minimum absolute atomic E-state index is 0. The highest BCUT2D eigenvalue weighted by Gasteiger charge is 2.21. The largest absolute Gasteiger partial charge is 0.394 e. The molecule has 0 aliphatic heterocycles. The van der Waals surface area contributed by atoms with E-state index in [4.69, 9.17) is 0 Å². The van der Waals surface area contributed by atoms with E-state index < -0.39 is 5.54 Å². The molecule has 140 valence electrons. The number of aliphatic hydroxyl groups is 2. The van der Waals surface area contributed by atoms with Gasteiger partial charge in [0.25, 0.3) is 0 Å². The van der Waals surface area contributed by atoms with Crippen molar-refractivity contribution < 1.29 is 10.2 Å².